The minimum absolute atomic E-state index is 0.112. The topological polar surface area (TPSA) is 55.6 Å². The van der Waals surface area contributed by atoms with E-state index in [0.29, 0.717) is 32.7 Å². The molecule has 0 aromatic carbocycles. The molecule has 0 bridgehead atoms. The van der Waals surface area contributed by atoms with Gasteiger partial charge in [-0.05, 0) is 24.4 Å². The molecule has 1 aliphatic heterocycles. The number of morpholine rings is 1. The summed E-state index contributed by atoms with van der Waals surface area (Å²) in [5, 5.41) is 2.00. The highest BCUT2D eigenvalue weighted by molar-refractivity contribution is 7.10. The first kappa shape index (κ1) is 12.5. The van der Waals surface area contributed by atoms with E-state index in [1.54, 1.807) is 11.3 Å². The van der Waals surface area contributed by atoms with E-state index in [1.165, 1.54) is 0 Å². The summed E-state index contributed by atoms with van der Waals surface area (Å²) in [4.78, 5) is 15.1. The minimum atomic E-state index is 0.112. The van der Waals surface area contributed by atoms with Crippen LogP contribution in [0.2, 0.25) is 0 Å². The van der Waals surface area contributed by atoms with Crippen LogP contribution in [0.25, 0.3) is 0 Å². The van der Waals surface area contributed by atoms with Crippen LogP contribution in [0, 0.1) is 0 Å². The first-order valence-electron chi connectivity index (χ1n) is 5.91. The molecule has 0 saturated carbocycles. The molecule has 17 heavy (non-hydrogen) atoms. The van der Waals surface area contributed by atoms with Crippen molar-refractivity contribution in [2.24, 2.45) is 5.73 Å². The van der Waals surface area contributed by atoms with Gasteiger partial charge in [0.25, 0.3) is 0 Å². The molecule has 0 radical (unpaired) electrons. The highest BCUT2D eigenvalue weighted by Gasteiger charge is 2.23. The Labute approximate surface area is 105 Å². The number of carbonyl (C=O) groups excluding carboxylic acids is 1. The molecule has 1 aromatic rings. The van der Waals surface area contributed by atoms with Gasteiger partial charge in [-0.1, -0.05) is 6.07 Å². The quantitative estimate of drug-likeness (QED) is 0.867. The molecule has 1 aliphatic rings. The molecular formula is C12H18N2O2S. The Morgan fingerprint density at radius 1 is 1.65 bits per heavy atom. The largest absolute Gasteiger partial charge is 0.374 e. The fraction of sp³-hybridized carbons (Fsp3) is 0.583. The number of nitrogens with two attached hydrogens (primary N) is 1. The van der Waals surface area contributed by atoms with Crippen LogP contribution in [0.15, 0.2) is 17.5 Å². The van der Waals surface area contributed by atoms with Gasteiger partial charge in [-0.2, -0.15) is 0 Å². The highest BCUT2D eigenvalue weighted by atomic mass is 32.1. The van der Waals surface area contributed by atoms with Gasteiger partial charge in [0.2, 0.25) is 5.91 Å². The molecule has 0 spiro atoms. The standard InChI is InChI=1S/C12H18N2O2S/c13-4-3-10-9-14(5-6-16-10)12(15)8-11-2-1-7-17-11/h1-2,7,10H,3-6,8-9,13H2. The van der Waals surface area contributed by atoms with E-state index >= 15 is 0 Å². The predicted molar refractivity (Wildman–Crippen MR) is 68.0 cm³/mol. The molecule has 4 nitrogen and oxygen atoms in total. The molecule has 1 aromatic heterocycles. The van der Waals surface area contributed by atoms with E-state index in [0.717, 1.165) is 11.3 Å². The Balaban J connectivity index is 1.86. The van der Waals surface area contributed by atoms with Crippen molar-refractivity contribution in [1.82, 2.24) is 4.90 Å². The molecule has 5 heteroatoms. The van der Waals surface area contributed by atoms with E-state index in [1.807, 2.05) is 22.4 Å². The molecule has 2 rings (SSSR count). The van der Waals surface area contributed by atoms with Gasteiger partial charge in [-0.25, -0.2) is 0 Å². The number of ether oxygens (including phenoxy) is 1. The van der Waals surface area contributed by atoms with E-state index < -0.39 is 0 Å². The molecule has 94 valence electrons. The molecular weight excluding hydrogens is 236 g/mol. The zero-order valence-corrected chi connectivity index (χ0v) is 10.6. The number of carbonyl (C=O) groups is 1. The van der Waals surface area contributed by atoms with Crippen molar-refractivity contribution in [2.45, 2.75) is 18.9 Å². The number of rotatable bonds is 4. The second-order valence-electron chi connectivity index (χ2n) is 4.17. The van der Waals surface area contributed by atoms with Gasteiger partial charge in [0.15, 0.2) is 0 Å². The normalized spacial score (nSPS) is 20.5. The third-order valence-corrected chi connectivity index (χ3v) is 3.76. The average molecular weight is 254 g/mol. The zero-order valence-electron chi connectivity index (χ0n) is 9.80. The van der Waals surface area contributed by atoms with Gasteiger partial charge in [0.1, 0.15) is 0 Å². The Morgan fingerprint density at radius 3 is 3.24 bits per heavy atom. The maximum Gasteiger partial charge on any atom is 0.227 e. The number of hydrogen-bond acceptors (Lipinski definition) is 4. The predicted octanol–water partition coefficient (Wildman–Crippen LogP) is 0.867. The smallest absolute Gasteiger partial charge is 0.227 e. The number of thiophene rings is 1. The Morgan fingerprint density at radius 2 is 2.53 bits per heavy atom. The van der Waals surface area contributed by atoms with Crippen molar-refractivity contribution >= 4 is 17.2 Å². The lowest BCUT2D eigenvalue weighted by molar-refractivity contribution is -0.138. The van der Waals surface area contributed by atoms with Crippen LogP contribution in [-0.2, 0) is 16.0 Å². The molecule has 2 heterocycles. The molecule has 1 fully saturated rings. The van der Waals surface area contributed by atoms with Crippen LogP contribution in [0.4, 0.5) is 0 Å². The SMILES string of the molecule is NCCC1CN(C(=O)Cc2cccs2)CCO1. The second kappa shape index (κ2) is 6.14. The van der Waals surface area contributed by atoms with E-state index in [-0.39, 0.29) is 12.0 Å². The number of nitrogens with zero attached hydrogens (tertiary/aromatic N) is 1. The third kappa shape index (κ3) is 3.52. The van der Waals surface area contributed by atoms with Crippen molar-refractivity contribution < 1.29 is 9.53 Å². The molecule has 1 atom stereocenters. The van der Waals surface area contributed by atoms with Gasteiger partial charge >= 0.3 is 0 Å². The van der Waals surface area contributed by atoms with Crippen LogP contribution in [0.1, 0.15) is 11.3 Å². The molecule has 0 aliphatic carbocycles. The van der Waals surface area contributed by atoms with Gasteiger partial charge < -0.3 is 15.4 Å². The van der Waals surface area contributed by atoms with Gasteiger partial charge in [0, 0.05) is 18.0 Å². The van der Waals surface area contributed by atoms with Crippen LogP contribution < -0.4 is 5.73 Å². The van der Waals surface area contributed by atoms with Crippen molar-refractivity contribution in [1.29, 1.82) is 0 Å². The van der Waals surface area contributed by atoms with Crippen molar-refractivity contribution in [2.75, 3.05) is 26.2 Å². The highest BCUT2D eigenvalue weighted by Crippen LogP contribution is 2.13. The van der Waals surface area contributed by atoms with E-state index in [2.05, 4.69) is 0 Å². The summed E-state index contributed by atoms with van der Waals surface area (Å²) >= 11 is 1.63. The average Bonchev–Trinajstić information content (AvgIpc) is 2.83. The van der Waals surface area contributed by atoms with E-state index in [9.17, 15) is 4.79 Å². The van der Waals surface area contributed by atoms with Crippen molar-refractivity contribution in [3.8, 4) is 0 Å². The first-order valence-corrected chi connectivity index (χ1v) is 6.79. The van der Waals surface area contributed by atoms with Crippen LogP contribution in [-0.4, -0.2) is 43.2 Å². The number of amides is 1. The molecule has 1 saturated heterocycles. The Bertz CT molecular complexity index is 351. The number of hydrogen-bond donors (Lipinski definition) is 1. The van der Waals surface area contributed by atoms with Crippen LogP contribution in [0.5, 0.6) is 0 Å². The van der Waals surface area contributed by atoms with Crippen molar-refractivity contribution in [3.63, 3.8) is 0 Å². The summed E-state index contributed by atoms with van der Waals surface area (Å²) < 4.78 is 5.56. The zero-order chi connectivity index (χ0) is 12.1. The minimum Gasteiger partial charge on any atom is -0.374 e. The van der Waals surface area contributed by atoms with Gasteiger partial charge in [-0.3, -0.25) is 4.79 Å². The third-order valence-electron chi connectivity index (χ3n) is 2.89. The fourth-order valence-corrected chi connectivity index (χ4v) is 2.68. The van der Waals surface area contributed by atoms with Crippen LogP contribution in [0.3, 0.4) is 0 Å². The molecule has 1 amide bonds. The summed E-state index contributed by atoms with van der Waals surface area (Å²) in [6, 6.07) is 3.98. The fourth-order valence-electron chi connectivity index (χ4n) is 1.98. The summed E-state index contributed by atoms with van der Waals surface area (Å²) in [5.74, 6) is 0.192. The maximum atomic E-state index is 12.1. The lowest BCUT2D eigenvalue weighted by atomic mass is 10.2. The first-order chi connectivity index (χ1) is 8.29. The van der Waals surface area contributed by atoms with Gasteiger partial charge in [0.05, 0.1) is 19.1 Å². The lowest BCUT2D eigenvalue weighted by Crippen LogP contribution is -2.46. The summed E-state index contributed by atoms with van der Waals surface area (Å²) in [6.45, 7) is 2.62. The Hall–Kier alpha value is -0.910. The second-order valence-corrected chi connectivity index (χ2v) is 5.20. The van der Waals surface area contributed by atoms with E-state index in [4.69, 9.17) is 10.5 Å². The maximum absolute atomic E-state index is 12.1. The van der Waals surface area contributed by atoms with Gasteiger partial charge in [-0.15, -0.1) is 11.3 Å². The summed E-state index contributed by atoms with van der Waals surface area (Å²) in [7, 11) is 0. The van der Waals surface area contributed by atoms with Crippen molar-refractivity contribution in [3.05, 3.63) is 22.4 Å². The molecule has 2 N–H and O–H groups in total. The lowest BCUT2D eigenvalue weighted by Gasteiger charge is -2.32. The molecule has 1 unspecified atom stereocenters. The summed E-state index contributed by atoms with van der Waals surface area (Å²) in [5.41, 5.74) is 5.51. The van der Waals surface area contributed by atoms with Crippen LogP contribution >= 0.6 is 11.3 Å². The Kier molecular flexibility index (Phi) is 4.53. The summed E-state index contributed by atoms with van der Waals surface area (Å²) in [6.07, 6.45) is 1.44. The monoisotopic (exact) mass is 254 g/mol.